The van der Waals surface area contributed by atoms with E-state index < -0.39 is 0 Å². The average Bonchev–Trinajstić information content (AvgIpc) is 3.32. The van der Waals surface area contributed by atoms with Gasteiger partial charge in [0.05, 0.1) is 34.6 Å². The van der Waals surface area contributed by atoms with Crippen LogP contribution in [0.4, 0.5) is 17.1 Å². The number of amides is 1. The first-order valence-electron chi connectivity index (χ1n) is 10.6. The quantitative estimate of drug-likeness (QED) is 0.384. The molecule has 8 heteroatoms. The van der Waals surface area contributed by atoms with Gasteiger partial charge in [0.2, 0.25) is 0 Å². The molecule has 1 amide bonds. The lowest BCUT2D eigenvalue weighted by atomic mass is 10.1. The van der Waals surface area contributed by atoms with E-state index in [0.717, 1.165) is 26.7 Å². The van der Waals surface area contributed by atoms with Crippen molar-refractivity contribution in [3.05, 3.63) is 93.4 Å². The van der Waals surface area contributed by atoms with Crippen LogP contribution in [0.15, 0.2) is 86.6 Å². The number of aryl methyl sites for hydroxylation is 1. The Bertz CT molecular complexity index is 1410. The van der Waals surface area contributed by atoms with E-state index in [0.29, 0.717) is 33.6 Å². The fraction of sp³-hybridized carbons (Fsp3) is 0.115. The molecule has 0 saturated carbocycles. The predicted octanol–water partition coefficient (Wildman–Crippen LogP) is 5.62. The molecule has 2 aliphatic rings. The first-order valence-corrected chi connectivity index (χ1v) is 12.3. The van der Waals surface area contributed by atoms with Gasteiger partial charge in [-0.15, -0.1) is 0 Å². The fourth-order valence-corrected chi connectivity index (χ4v) is 6.18. The molecule has 2 N–H and O–H groups in total. The number of anilines is 2. The molecule has 2 aliphatic heterocycles. The maximum Gasteiger partial charge on any atom is 0.269 e. The first-order chi connectivity index (χ1) is 16.4. The summed E-state index contributed by atoms with van der Waals surface area (Å²) in [6.07, 6.45) is 0. The van der Waals surface area contributed by atoms with Gasteiger partial charge in [-0.3, -0.25) is 9.69 Å². The first kappa shape index (κ1) is 22.1. The number of thioether (sulfide) groups is 2. The van der Waals surface area contributed by atoms with Crippen LogP contribution in [0, 0.1) is 18.3 Å². The van der Waals surface area contributed by atoms with Crippen LogP contribution < -0.4 is 10.6 Å². The Hall–Kier alpha value is -3.67. The van der Waals surface area contributed by atoms with Crippen molar-refractivity contribution in [3.8, 4) is 6.07 Å². The topological polar surface area (TPSA) is 85.7 Å². The van der Waals surface area contributed by atoms with Crippen molar-refractivity contribution in [3.63, 3.8) is 0 Å². The predicted molar refractivity (Wildman–Crippen MR) is 140 cm³/mol. The number of hydrogen-bond acceptors (Lipinski definition) is 7. The van der Waals surface area contributed by atoms with Crippen molar-refractivity contribution in [2.75, 3.05) is 17.7 Å². The van der Waals surface area contributed by atoms with Gasteiger partial charge in [0.1, 0.15) is 4.91 Å². The summed E-state index contributed by atoms with van der Waals surface area (Å²) in [5.41, 5.74) is 10.9. The molecule has 168 valence electrons. The Balaban J connectivity index is 1.59. The standard InChI is InChI=1S/C26H21N5OS2/c1-16-8-9-18(14-27)12-20(16)29-26-31(15-17-6-4-3-5-7-17)24(32)23(34-26)25-30(2)21-11-10-19(28)13-22(21)33-25/h3-13H,15,28H2,1-2H3/b25-23-,29-26?. The van der Waals surface area contributed by atoms with Gasteiger partial charge in [-0.1, -0.05) is 48.2 Å². The summed E-state index contributed by atoms with van der Waals surface area (Å²) < 4.78 is 0. The van der Waals surface area contributed by atoms with Gasteiger partial charge in [0.15, 0.2) is 5.17 Å². The normalized spacial score (nSPS) is 18.5. The second-order valence-corrected chi connectivity index (χ2v) is 10.0. The van der Waals surface area contributed by atoms with E-state index in [2.05, 4.69) is 6.07 Å². The minimum atomic E-state index is -0.0863. The molecule has 3 aromatic carbocycles. The molecule has 2 heterocycles. The lowest BCUT2D eigenvalue weighted by Gasteiger charge is -2.17. The van der Waals surface area contributed by atoms with Crippen LogP contribution >= 0.6 is 23.5 Å². The summed E-state index contributed by atoms with van der Waals surface area (Å²) in [6.45, 7) is 2.36. The van der Waals surface area contributed by atoms with Crippen LogP contribution in [0.25, 0.3) is 0 Å². The van der Waals surface area contributed by atoms with Crippen molar-refractivity contribution in [1.82, 2.24) is 4.90 Å². The zero-order valence-corrected chi connectivity index (χ0v) is 20.3. The highest BCUT2D eigenvalue weighted by atomic mass is 32.2. The van der Waals surface area contributed by atoms with E-state index in [1.165, 1.54) is 11.8 Å². The molecule has 0 spiro atoms. The van der Waals surface area contributed by atoms with Crippen LogP contribution in [0.1, 0.15) is 16.7 Å². The number of nitrogens with two attached hydrogens (primary N) is 1. The summed E-state index contributed by atoms with van der Waals surface area (Å²) >= 11 is 2.91. The Morgan fingerprint density at radius 2 is 1.85 bits per heavy atom. The molecule has 1 saturated heterocycles. The minimum absolute atomic E-state index is 0.0863. The highest BCUT2D eigenvalue weighted by Gasteiger charge is 2.39. The number of nitriles is 1. The largest absolute Gasteiger partial charge is 0.399 e. The minimum Gasteiger partial charge on any atom is -0.399 e. The third-order valence-electron chi connectivity index (χ3n) is 5.65. The summed E-state index contributed by atoms with van der Waals surface area (Å²) in [7, 11) is 1.96. The fourth-order valence-electron chi connectivity index (χ4n) is 3.80. The van der Waals surface area contributed by atoms with Crippen LogP contribution in [0.2, 0.25) is 0 Å². The zero-order chi connectivity index (χ0) is 23.8. The van der Waals surface area contributed by atoms with Gasteiger partial charge in [-0.05, 0) is 60.1 Å². The smallest absolute Gasteiger partial charge is 0.269 e. The molecule has 34 heavy (non-hydrogen) atoms. The van der Waals surface area contributed by atoms with Crippen molar-refractivity contribution < 1.29 is 4.79 Å². The number of fused-ring (bicyclic) bond motifs is 1. The average molecular weight is 484 g/mol. The number of aliphatic imine (C=N–C) groups is 1. The number of benzene rings is 3. The number of carbonyl (C=O) groups is 1. The number of hydrogen-bond donors (Lipinski definition) is 1. The van der Waals surface area contributed by atoms with Crippen LogP contribution in [0.3, 0.4) is 0 Å². The molecule has 0 unspecified atom stereocenters. The van der Waals surface area contributed by atoms with Gasteiger partial charge in [-0.25, -0.2) is 4.99 Å². The Kier molecular flexibility index (Phi) is 5.82. The van der Waals surface area contributed by atoms with E-state index in [1.807, 2.05) is 73.5 Å². The van der Waals surface area contributed by atoms with Crippen molar-refractivity contribution in [2.24, 2.45) is 4.99 Å². The second kappa shape index (κ2) is 8.93. The lowest BCUT2D eigenvalue weighted by molar-refractivity contribution is -0.122. The molecular weight excluding hydrogens is 462 g/mol. The third kappa shape index (κ3) is 4.04. The number of nitrogens with zero attached hydrogens (tertiary/aromatic N) is 4. The lowest BCUT2D eigenvalue weighted by Crippen LogP contribution is -2.29. The second-order valence-electron chi connectivity index (χ2n) is 8.01. The van der Waals surface area contributed by atoms with E-state index in [9.17, 15) is 10.1 Å². The van der Waals surface area contributed by atoms with Crippen LogP contribution in [0.5, 0.6) is 0 Å². The van der Waals surface area contributed by atoms with Gasteiger partial charge in [-0.2, -0.15) is 5.26 Å². The Morgan fingerprint density at radius 1 is 1.06 bits per heavy atom. The van der Waals surface area contributed by atoms with E-state index >= 15 is 0 Å². The number of nitrogen functional groups attached to an aromatic ring is 1. The highest BCUT2D eigenvalue weighted by molar-refractivity contribution is 8.19. The SMILES string of the molecule is Cc1ccc(C#N)cc1N=C1S/C(=C2\Sc3cc(N)ccc3N2C)C(=O)N1Cc1ccccc1. The van der Waals surface area contributed by atoms with E-state index in [-0.39, 0.29) is 5.91 Å². The monoisotopic (exact) mass is 483 g/mol. The molecule has 6 nitrogen and oxygen atoms in total. The Morgan fingerprint density at radius 3 is 2.62 bits per heavy atom. The van der Waals surface area contributed by atoms with Crippen molar-refractivity contribution in [1.29, 1.82) is 5.26 Å². The molecule has 3 aromatic rings. The third-order valence-corrected chi connectivity index (χ3v) is 8.07. The maximum atomic E-state index is 13.7. The summed E-state index contributed by atoms with van der Waals surface area (Å²) in [5, 5.41) is 10.8. The molecule has 0 aliphatic carbocycles. The molecule has 0 atom stereocenters. The van der Waals surface area contributed by atoms with E-state index in [1.54, 1.807) is 28.8 Å². The van der Waals surface area contributed by atoms with E-state index in [4.69, 9.17) is 10.7 Å². The summed E-state index contributed by atoms with van der Waals surface area (Å²) in [5.74, 6) is -0.0863. The molecule has 0 bridgehead atoms. The number of rotatable bonds is 3. The van der Waals surface area contributed by atoms with Crippen LogP contribution in [-0.2, 0) is 11.3 Å². The van der Waals surface area contributed by atoms with Crippen molar-refractivity contribution in [2.45, 2.75) is 18.4 Å². The highest BCUT2D eigenvalue weighted by Crippen LogP contribution is 2.50. The summed E-state index contributed by atoms with van der Waals surface area (Å²) in [6, 6.07) is 23.2. The van der Waals surface area contributed by atoms with Gasteiger partial charge in [0, 0.05) is 17.6 Å². The molecule has 1 fully saturated rings. The number of amidine groups is 1. The molecular formula is C26H21N5OS2. The molecule has 0 radical (unpaired) electrons. The molecule has 0 aromatic heterocycles. The van der Waals surface area contributed by atoms with Gasteiger partial charge < -0.3 is 10.6 Å². The van der Waals surface area contributed by atoms with Crippen LogP contribution in [-0.4, -0.2) is 23.0 Å². The van der Waals surface area contributed by atoms with Gasteiger partial charge in [0.25, 0.3) is 5.91 Å². The summed E-state index contributed by atoms with van der Waals surface area (Å²) in [4.78, 5) is 24.0. The zero-order valence-electron chi connectivity index (χ0n) is 18.6. The van der Waals surface area contributed by atoms with Gasteiger partial charge >= 0.3 is 0 Å². The van der Waals surface area contributed by atoms with Crippen molar-refractivity contribution >= 4 is 51.7 Å². The number of carbonyl (C=O) groups excluding carboxylic acids is 1. The molecule has 5 rings (SSSR count). The maximum absolute atomic E-state index is 13.7. The Labute approximate surface area is 206 Å².